The van der Waals surface area contributed by atoms with E-state index in [4.69, 9.17) is 4.52 Å². The maximum absolute atomic E-state index is 12.3. The zero-order chi connectivity index (χ0) is 16.4. The molecule has 0 bridgehead atoms. The van der Waals surface area contributed by atoms with Crippen LogP contribution < -0.4 is 10.0 Å². The molecule has 1 aliphatic carbocycles. The summed E-state index contributed by atoms with van der Waals surface area (Å²) in [5.41, 5.74) is 2.26. The Kier molecular flexibility index (Phi) is 4.18. The van der Waals surface area contributed by atoms with Crippen molar-refractivity contribution in [1.29, 1.82) is 0 Å². The lowest BCUT2D eigenvalue weighted by molar-refractivity contribution is -0.115. The highest BCUT2D eigenvalue weighted by molar-refractivity contribution is 7.89. The molecule has 2 aromatic rings. The first-order valence-electron chi connectivity index (χ1n) is 7.29. The van der Waals surface area contributed by atoms with Crippen molar-refractivity contribution in [1.82, 2.24) is 9.88 Å². The molecule has 0 radical (unpaired) electrons. The summed E-state index contributed by atoms with van der Waals surface area (Å²) in [4.78, 5) is 12.0. The summed E-state index contributed by atoms with van der Waals surface area (Å²) in [5, 5.41) is 6.07. The number of amides is 1. The largest absolute Gasteiger partial charge is 0.360 e. The van der Waals surface area contributed by atoms with Crippen LogP contribution >= 0.6 is 0 Å². The van der Waals surface area contributed by atoms with Gasteiger partial charge in [0, 0.05) is 6.07 Å². The number of aryl methyl sites for hydroxylation is 3. The molecule has 0 fully saturated rings. The number of rotatable bonds is 5. The van der Waals surface area contributed by atoms with Crippen molar-refractivity contribution in [3.05, 3.63) is 41.2 Å². The number of benzene rings is 1. The summed E-state index contributed by atoms with van der Waals surface area (Å²) < 4.78 is 31.7. The Balaban J connectivity index is 1.63. The van der Waals surface area contributed by atoms with Gasteiger partial charge in [-0.3, -0.25) is 4.79 Å². The van der Waals surface area contributed by atoms with Crippen molar-refractivity contribution in [3.8, 4) is 0 Å². The van der Waals surface area contributed by atoms with Gasteiger partial charge in [-0.05, 0) is 49.4 Å². The minimum Gasteiger partial charge on any atom is -0.360 e. The zero-order valence-electron chi connectivity index (χ0n) is 12.6. The second kappa shape index (κ2) is 6.13. The molecule has 122 valence electrons. The quantitative estimate of drug-likeness (QED) is 0.860. The highest BCUT2D eigenvalue weighted by Gasteiger charge is 2.19. The molecule has 23 heavy (non-hydrogen) atoms. The van der Waals surface area contributed by atoms with E-state index < -0.39 is 15.9 Å². The van der Waals surface area contributed by atoms with Gasteiger partial charge in [-0.15, -0.1) is 0 Å². The van der Waals surface area contributed by atoms with Crippen LogP contribution in [0, 0.1) is 6.92 Å². The van der Waals surface area contributed by atoms with Gasteiger partial charge < -0.3 is 9.84 Å². The normalized spacial score (nSPS) is 13.8. The van der Waals surface area contributed by atoms with Crippen LogP contribution in [0.3, 0.4) is 0 Å². The fraction of sp³-hybridized carbons (Fsp3) is 0.333. The molecule has 1 aromatic heterocycles. The van der Waals surface area contributed by atoms with Gasteiger partial charge in [-0.2, -0.15) is 0 Å². The van der Waals surface area contributed by atoms with Gasteiger partial charge in [0.1, 0.15) is 5.76 Å². The summed E-state index contributed by atoms with van der Waals surface area (Å²) in [6, 6.07) is 6.65. The predicted molar refractivity (Wildman–Crippen MR) is 83.5 cm³/mol. The van der Waals surface area contributed by atoms with E-state index >= 15 is 0 Å². The number of aromatic nitrogens is 1. The van der Waals surface area contributed by atoms with Gasteiger partial charge in [-0.25, -0.2) is 13.1 Å². The lowest BCUT2D eigenvalue weighted by atomic mass is 10.1. The molecule has 1 heterocycles. The first-order valence-corrected chi connectivity index (χ1v) is 8.77. The van der Waals surface area contributed by atoms with Crippen molar-refractivity contribution >= 4 is 21.7 Å². The summed E-state index contributed by atoms with van der Waals surface area (Å²) in [5.74, 6) is 0.297. The van der Waals surface area contributed by atoms with Crippen LogP contribution in [0.15, 0.2) is 33.7 Å². The van der Waals surface area contributed by atoms with E-state index in [1.807, 2.05) is 6.07 Å². The topological polar surface area (TPSA) is 101 Å². The lowest BCUT2D eigenvalue weighted by Gasteiger charge is -2.08. The Morgan fingerprint density at radius 1 is 1.26 bits per heavy atom. The second-order valence-corrected chi connectivity index (χ2v) is 7.25. The molecule has 0 saturated carbocycles. The van der Waals surface area contributed by atoms with Gasteiger partial charge >= 0.3 is 0 Å². The van der Waals surface area contributed by atoms with Crippen molar-refractivity contribution in [3.63, 3.8) is 0 Å². The second-order valence-electron chi connectivity index (χ2n) is 5.48. The van der Waals surface area contributed by atoms with E-state index in [0.29, 0.717) is 5.76 Å². The molecule has 7 nitrogen and oxygen atoms in total. The molecule has 0 unspecified atom stereocenters. The van der Waals surface area contributed by atoms with E-state index in [0.717, 1.165) is 24.8 Å². The summed E-state index contributed by atoms with van der Waals surface area (Å²) >= 11 is 0. The van der Waals surface area contributed by atoms with E-state index in [9.17, 15) is 13.2 Å². The van der Waals surface area contributed by atoms with E-state index in [-0.39, 0.29) is 17.3 Å². The summed E-state index contributed by atoms with van der Waals surface area (Å²) in [7, 11) is -3.72. The number of carbonyl (C=O) groups is 1. The van der Waals surface area contributed by atoms with Gasteiger partial charge in [-0.1, -0.05) is 11.2 Å². The van der Waals surface area contributed by atoms with Crippen LogP contribution in [-0.2, 0) is 27.7 Å². The standard InChI is InChI=1S/C15H17N3O4S/c1-10-7-14(18-22-10)17-15(19)9-16-23(20,21)13-6-5-11-3-2-4-12(11)8-13/h5-8,16H,2-4,9H2,1H3,(H,17,18,19). The number of nitrogens with zero attached hydrogens (tertiary/aromatic N) is 1. The molecule has 0 aliphatic heterocycles. The van der Waals surface area contributed by atoms with E-state index in [2.05, 4.69) is 15.2 Å². The van der Waals surface area contributed by atoms with Gasteiger partial charge in [0.05, 0.1) is 11.4 Å². The van der Waals surface area contributed by atoms with Crippen LogP contribution in [0.1, 0.15) is 23.3 Å². The monoisotopic (exact) mass is 335 g/mol. The zero-order valence-corrected chi connectivity index (χ0v) is 13.4. The Morgan fingerprint density at radius 3 is 2.78 bits per heavy atom. The van der Waals surface area contributed by atoms with Gasteiger partial charge in [0.25, 0.3) is 0 Å². The fourth-order valence-electron chi connectivity index (χ4n) is 2.57. The van der Waals surface area contributed by atoms with Crippen molar-refractivity contribution in [2.45, 2.75) is 31.1 Å². The van der Waals surface area contributed by atoms with Crippen LogP contribution in [0.25, 0.3) is 0 Å². The Labute approximate surface area is 134 Å². The molecular formula is C15H17N3O4S. The highest BCUT2D eigenvalue weighted by atomic mass is 32.2. The van der Waals surface area contributed by atoms with Crippen molar-refractivity contribution in [2.24, 2.45) is 0 Å². The van der Waals surface area contributed by atoms with Gasteiger partial charge in [0.2, 0.25) is 15.9 Å². The molecule has 0 spiro atoms. The van der Waals surface area contributed by atoms with Crippen molar-refractivity contribution in [2.75, 3.05) is 11.9 Å². The summed E-state index contributed by atoms with van der Waals surface area (Å²) in [6.07, 6.45) is 2.93. The molecule has 1 amide bonds. The van der Waals surface area contributed by atoms with Crippen LogP contribution in [0.4, 0.5) is 5.82 Å². The average molecular weight is 335 g/mol. The molecule has 8 heteroatoms. The third-order valence-corrected chi connectivity index (χ3v) is 5.10. The molecule has 0 atom stereocenters. The molecule has 1 aliphatic rings. The number of nitrogens with one attached hydrogen (secondary N) is 2. The number of sulfonamides is 1. The smallest absolute Gasteiger partial charge is 0.241 e. The number of anilines is 1. The van der Waals surface area contributed by atoms with E-state index in [1.54, 1.807) is 25.1 Å². The fourth-order valence-corrected chi connectivity index (χ4v) is 3.60. The van der Waals surface area contributed by atoms with Gasteiger partial charge in [0.15, 0.2) is 5.82 Å². The van der Waals surface area contributed by atoms with Crippen LogP contribution in [0.5, 0.6) is 0 Å². The molecule has 2 N–H and O–H groups in total. The Bertz CT molecular complexity index is 842. The number of hydrogen-bond donors (Lipinski definition) is 2. The van der Waals surface area contributed by atoms with Crippen LogP contribution in [0.2, 0.25) is 0 Å². The maximum atomic E-state index is 12.3. The predicted octanol–water partition coefficient (Wildman–Crippen LogP) is 1.39. The van der Waals surface area contributed by atoms with E-state index in [1.165, 1.54) is 5.56 Å². The lowest BCUT2D eigenvalue weighted by Crippen LogP contribution is -2.33. The minimum absolute atomic E-state index is 0.184. The third kappa shape index (κ3) is 3.59. The SMILES string of the molecule is Cc1cc(NC(=O)CNS(=O)(=O)c2ccc3c(c2)CCC3)no1. The number of carbonyl (C=O) groups excluding carboxylic acids is 1. The molecule has 0 saturated heterocycles. The Hall–Kier alpha value is -2.19. The summed E-state index contributed by atoms with van der Waals surface area (Å²) in [6.45, 7) is 1.32. The number of fused-ring (bicyclic) bond motifs is 1. The molecular weight excluding hydrogens is 318 g/mol. The first kappa shape index (κ1) is 15.7. The van der Waals surface area contributed by atoms with Crippen molar-refractivity contribution < 1.29 is 17.7 Å². The third-order valence-electron chi connectivity index (χ3n) is 3.70. The highest BCUT2D eigenvalue weighted by Crippen LogP contribution is 2.24. The maximum Gasteiger partial charge on any atom is 0.241 e. The molecule has 1 aromatic carbocycles. The Morgan fingerprint density at radius 2 is 2.04 bits per heavy atom. The molecule has 3 rings (SSSR count). The average Bonchev–Trinajstić information content (AvgIpc) is 3.13. The van der Waals surface area contributed by atoms with Crippen LogP contribution in [-0.4, -0.2) is 26.0 Å². The number of hydrogen-bond acceptors (Lipinski definition) is 5. The minimum atomic E-state index is -3.72. The first-order chi connectivity index (χ1) is 10.9.